The Kier molecular flexibility index (Phi) is 6.01. The van der Waals surface area contributed by atoms with Gasteiger partial charge in [-0.05, 0) is 24.5 Å². The predicted molar refractivity (Wildman–Crippen MR) is 74.0 cm³/mol. The lowest BCUT2D eigenvalue weighted by atomic mass is 10.3. The molecule has 0 spiro atoms. The van der Waals surface area contributed by atoms with Crippen LogP contribution in [0.15, 0.2) is 23.1 Å². The van der Waals surface area contributed by atoms with Crippen LogP contribution in [0.5, 0.6) is 5.75 Å². The number of carbonyl (C=O) groups is 2. The first-order chi connectivity index (χ1) is 9.06. The molecule has 0 aliphatic rings. The van der Waals surface area contributed by atoms with Crippen molar-refractivity contribution in [1.29, 1.82) is 0 Å². The van der Waals surface area contributed by atoms with Crippen molar-refractivity contribution in [1.82, 2.24) is 5.32 Å². The van der Waals surface area contributed by atoms with E-state index in [1.165, 1.54) is 11.8 Å². The summed E-state index contributed by atoms with van der Waals surface area (Å²) in [5.41, 5.74) is 0.623. The van der Waals surface area contributed by atoms with E-state index in [1.54, 1.807) is 25.3 Å². The Hall–Kier alpha value is -1.89. The average Bonchev–Trinajstić information content (AvgIpc) is 2.38. The maximum atomic E-state index is 11.5. The zero-order chi connectivity index (χ0) is 14.3. The SMILES string of the molecule is COc1ccc(NC(=O)NCCC(=O)O)cc1SC. The lowest BCUT2D eigenvalue weighted by Gasteiger charge is -2.10. The smallest absolute Gasteiger partial charge is 0.319 e. The van der Waals surface area contributed by atoms with Gasteiger partial charge in [-0.25, -0.2) is 4.79 Å². The Morgan fingerprint density at radius 3 is 2.74 bits per heavy atom. The van der Waals surface area contributed by atoms with Gasteiger partial charge in [-0.2, -0.15) is 0 Å². The maximum absolute atomic E-state index is 11.5. The van der Waals surface area contributed by atoms with Gasteiger partial charge in [-0.15, -0.1) is 11.8 Å². The average molecular weight is 284 g/mol. The molecule has 0 saturated carbocycles. The number of carboxylic acids is 1. The molecule has 0 heterocycles. The van der Waals surface area contributed by atoms with Crippen LogP contribution in [-0.4, -0.2) is 37.0 Å². The third-order valence-electron chi connectivity index (χ3n) is 2.27. The number of anilines is 1. The molecule has 0 aliphatic carbocycles. The summed E-state index contributed by atoms with van der Waals surface area (Å²) in [6.45, 7) is 0.0900. The van der Waals surface area contributed by atoms with E-state index in [0.29, 0.717) is 5.69 Å². The summed E-state index contributed by atoms with van der Waals surface area (Å²) < 4.78 is 5.17. The van der Waals surface area contributed by atoms with Gasteiger partial charge in [0.1, 0.15) is 5.75 Å². The Labute approximate surface area is 115 Å². The highest BCUT2D eigenvalue weighted by Crippen LogP contribution is 2.30. The van der Waals surface area contributed by atoms with E-state index in [1.807, 2.05) is 6.26 Å². The highest BCUT2D eigenvalue weighted by Gasteiger charge is 2.06. The van der Waals surface area contributed by atoms with Crippen molar-refractivity contribution in [2.45, 2.75) is 11.3 Å². The van der Waals surface area contributed by atoms with Gasteiger partial charge in [0.2, 0.25) is 0 Å². The normalized spacial score (nSPS) is 9.79. The number of nitrogens with one attached hydrogen (secondary N) is 2. The van der Waals surface area contributed by atoms with Crippen molar-refractivity contribution in [3.63, 3.8) is 0 Å². The van der Waals surface area contributed by atoms with E-state index in [0.717, 1.165) is 10.6 Å². The first-order valence-electron chi connectivity index (χ1n) is 5.55. The van der Waals surface area contributed by atoms with Gasteiger partial charge in [0.15, 0.2) is 0 Å². The van der Waals surface area contributed by atoms with Crippen molar-refractivity contribution in [3.8, 4) is 5.75 Å². The molecule has 3 N–H and O–H groups in total. The second kappa shape index (κ2) is 7.52. The lowest BCUT2D eigenvalue weighted by molar-refractivity contribution is -0.136. The third kappa shape index (κ3) is 5.09. The highest BCUT2D eigenvalue weighted by molar-refractivity contribution is 7.98. The van der Waals surface area contributed by atoms with Crippen LogP contribution in [0.3, 0.4) is 0 Å². The minimum atomic E-state index is -0.950. The molecular weight excluding hydrogens is 268 g/mol. The van der Waals surface area contributed by atoms with Gasteiger partial charge in [0.25, 0.3) is 0 Å². The number of rotatable bonds is 6. The molecule has 6 nitrogen and oxygen atoms in total. The van der Waals surface area contributed by atoms with Crippen LogP contribution in [0.25, 0.3) is 0 Å². The molecule has 104 valence electrons. The standard InChI is InChI=1S/C12H16N2O4S/c1-18-9-4-3-8(7-10(9)19-2)14-12(17)13-6-5-11(15)16/h3-4,7H,5-6H2,1-2H3,(H,15,16)(H2,13,14,17). The summed E-state index contributed by atoms with van der Waals surface area (Å²) in [6.07, 6.45) is 1.81. The molecule has 0 unspecified atom stereocenters. The van der Waals surface area contributed by atoms with Crippen molar-refractivity contribution in [3.05, 3.63) is 18.2 Å². The fraction of sp³-hybridized carbons (Fsp3) is 0.333. The maximum Gasteiger partial charge on any atom is 0.319 e. The summed E-state index contributed by atoms with van der Waals surface area (Å²) in [5, 5.41) is 13.5. The first kappa shape index (κ1) is 15.2. The number of aliphatic carboxylic acids is 1. The molecule has 1 aromatic rings. The minimum absolute atomic E-state index is 0.0900. The van der Waals surface area contributed by atoms with E-state index < -0.39 is 12.0 Å². The Balaban J connectivity index is 2.57. The zero-order valence-electron chi connectivity index (χ0n) is 10.7. The van der Waals surface area contributed by atoms with Crippen molar-refractivity contribution in [2.75, 3.05) is 25.2 Å². The van der Waals surface area contributed by atoms with Crippen LogP contribution < -0.4 is 15.4 Å². The summed E-state index contributed by atoms with van der Waals surface area (Å²) >= 11 is 1.51. The largest absolute Gasteiger partial charge is 0.496 e. The molecule has 0 saturated heterocycles. The Bertz CT molecular complexity index is 465. The summed E-state index contributed by atoms with van der Waals surface area (Å²) in [4.78, 5) is 22.7. The van der Waals surface area contributed by atoms with Gasteiger partial charge < -0.3 is 20.5 Å². The molecule has 7 heteroatoms. The second-order valence-corrected chi connectivity index (χ2v) is 4.44. The van der Waals surface area contributed by atoms with Crippen LogP contribution in [-0.2, 0) is 4.79 Å². The molecule has 0 aromatic heterocycles. The van der Waals surface area contributed by atoms with Gasteiger partial charge in [-0.1, -0.05) is 0 Å². The number of methoxy groups -OCH3 is 1. The summed E-state index contributed by atoms with van der Waals surface area (Å²) in [5.74, 6) is -0.209. The van der Waals surface area contributed by atoms with E-state index in [2.05, 4.69) is 10.6 Å². The van der Waals surface area contributed by atoms with Crippen LogP contribution in [0.1, 0.15) is 6.42 Å². The first-order valence-corrected chi connectivity index (χ1v) is 6.78. The van der Waals surface area contributed by atoms with Crippen molar-refractivity contribution in [2.24, 2.45) is 0 Å². The number of benzene rings is 1. The number of urea groups is 1. The predicted octanol–water partition coefficient (Wildman–Crippen LogP) is 2.01. The number of thioether (sulfide) groups is 1. The van der Waals surface area contributed by atoms with Crippen LogP contribution in [0.2, 0.25) is 0 Å². The number of carboxylic acid groups (broad SMARTS) is 1. The third-order valence-corrected chi connectivity index (χ3v) is 3.02. The molecule has 0 bridgehead atoms. The zero-order valence-corrected chi connectivity index (χ0v) is 11.5. The monoisotopic (exact) mass is 284 g/mol. The lowest BCUT2D eigenvalue weighted by Crippen LogP contribution is -2.30. The van der Waals surface area contributed by atoms with E-state index in [-0.39, 0.29) is 13.0 Å². The summed E-state index contributed by atoms with van der Waals surface area (Å²) in [7, 11) is 1.58. The van der Waals surface area contributed by atoms with Crippen LogP contribution in [0.4, 0.5) is 10.5 Å². The topological polar surface area (TPSA) is 87.7 Å². The molecule has 2 amide bonds. The second-order valence-electron chi connectivity index (χ2n) is 3.59. The molecular formula is C12H16N2O4S. The minimum Gasteiger partial charge on any atom is -0.496 e. The van der Waals surface area contributed by atoms with Crippen LogP contribution >= 0.6 is 11.8 Å². The van der Waals surface area contributed by atoms with Crippen molar-refractivity contribution >= 4 is 29.4 Å². The fourth-order valence-corrected chi connectivity index (χ4v) is 1.97. The van der Waals surface area contributed by atoms with E-state index >= 15 is 0 Å². The molecule has 0 aliphatic heterocycles. The number of hydrogen-bond acceptors (Lipinski definition) is 4. The molecule has 1 rings (SSSR count). The Morgan fingerprint density at radius 1 is 1.42 bits per heavy atom. The molecule has 0 fully saturated rings. The molecule has 0 radical (unpaired) electrons. The van der Waals surface area contributed by atoms with Gasteiger partial charge in [0, 0.05) is 12.2 Å². The molecule has 1 aromatic carbocycles. The van der Waals surface area contributed by atoms with Crippen LogP contribution in [0, 0.1) is 0 Å². The van der Waals surface area contributed by atoms with Gasteiger partial charge >= 0.3 is 12.0 Å². The van der Waals surface area contributed by atoms with E-state index in [9.17, 15) is 9.59 Å². The number of hydrogen-bond donors (Lipinski definition) is 3. The number of ether oxygens (including phenoxy) is 1. The highest BCUT2D eigenvalue weighted by atomic mass is 32.2. The number of amides is 2. The molecule has 0 atom stereocenters. The Morgan fingerprint density at radius 2 is 2.16 bits per heavy atom. The quantitative estimate of drug-likeness (QED) is 0.696. The van der Waals surface area contributed by atoms with Gasteiger partial charge in [0.05, 0.1) is 18.4 Å². The fourth-order valence-electron chi connectivity index (χ4n) is 1.37. The number of carbonyl (C=O) groups excluding carboxylic acids is 1. The summed E-state index contributed by atoms with van der Waals surface area (Å²) in [6, 6.07) is 4.84. The van der Waals surface area contributed by atoms with Gasteiger partial charge in [-0.3, -0.25) is 4.79 Å². The van der Waals surface area contributed by atoms with E-state index in [4.69, 9.17) is 9.84 Å². The molecule has 19 heavy (non-hydrogen) atoms. The van der Waals surface area contributed by atoms with Crippen molar-refractivity contribution < 1.29 is 19.4 Å².